The van der Waals surface area contributed by atoms with Crippen molar-refractivity contribution < 1.29 is 14.8 Å². The molecule has 0 bridgehead atoms. The molecule has 2 unspecified atom stereocenters. The van der Waals surface area contributed by atoms with E-state index < -0.39 is 4.92 Å². The molecule has 108 valence electrons. The molecule has 0 aromatic heterocycles. The maximum absolute atomic E-state index is 10.6. The Kier molecular flexibility index (Phi) is 3.55. The summed E-state index contributed by atoms with van der Waals surface area (Å²) in [6.45, 7) is 0.569. The minimum Gasteiger partial charge on any atom is -0.508 e. The molecule has 2 atom stereocenters. The lowest BCUT2D eigenvalue weighted by molar-refractivity contribution is -0.384. The van der Waals surface area contributed by atoms with Gasteiger partial charge in [0.2, 0.25) is 0 Å². The van der Waals surface area contributed by atoms with Crippen LogP contribution in [0.2, 0.25) is 0 Å². The molecule has 1 heterocycles. The number of rotatable bonds is 3. The number of para-hydroxylation sites is 1. The first-order valence-electron chi connectivity index (χ1n) is 6.56. The van der Waals surface area contributed by atoms with Gasteiger partial charge in [0.25, 0.3) is 5.69 Å². The SMILES string of the molecule is O=[N+]([O-])c1ccc(C2NCC(c3ccccc3O)O2)cc1. The van der Waals surface area contributed by atoms with Crippen molar-refractivity contribution in [2.45, 2.75) is 12.3 Å². The van der Waals surface area contributed by atoms with Crippen LogP contribution in [0.15, 0.2) is 48.5 Å². The van der Waals surface area contributed by atoms with Crippen LogP contribution in [0.1, 0.15) is 23.5 Å². The van der Waals surface area contributed by atoms with Crippen molar-refractivity contribution >= 4 is 5.69 Å². The van der Waals surface area contributed by atoms with E-state index in [4.69, 9.17) is 4.74 Å². The minimum atomic E-state index is -0.433. The molecule has 0 spiro atoms. The van der Waals surface area contributed by atoms with Crippen LogP contribution >= 0.6 is 0 Å². The fourth-order valence-electron chi connectivity index (χ4n) is 2.38. The highest BCUT2D eigenvalue weighted by Gasteiger charge is 2.28. The summed E-state index contributed by atoms with van der Waals surface area (Å²) in [5.74, 6) is 0.202. The first-order valence-corrected chi connectivity index (χ1v) is 6.56. The van der Waals surface area contributed by atoms with Crippen LogP contribution in [-0.2, 0) is 4.74 Å². The fraction of sp³-hybridized carbons (Fsp3) is 0.200. The highest BCUT2D eigenvalue weighted by atomic mass is 16.6. The van der Waals surface area contributed by atoms with Gasteiger partial charge in [-0.15, -0.1) is 0 Å². The molecule has 0 aliphatic carbocycles. The predicted octanol–water partition coefficient (Wildman–Crippen LogP) is 2.66. The number of phenols is 1. The van der Waals surface area contributed by atoms with Crippen molar-refractivity contribution in [1.29, 1.82) is 0 Å². The summed E-state index contributed by atoms with van der Waals surface area (Å²) in [6.07, 6.45) is -0.582. The zero-order valence-electron chi connectivity index (χ0n) is 11.1. The Labute approximate surface area is 121 Å². The van der Waals surface area contributed by atoms with Gasteiger partial charge in [0.1, 0.15) is 18.1 Å². The Bertz CT molecular complexity index is 657. The van der Waals surface area contributed by atoms with Gasteiger partial charge in [0, 0.05) is 24.2 Å². The van der Waals surface area contributed by atoms with Crippen LogP contribution in [0.3, 0.4) is 0 Å². The van der Waals surface area contributed by atoms with Gasteiger partial charge in [-0.2, -0.15) is 0 Å². The van der Waals surface area contributed by atoms with Crippen LogP contribution in [0.5, 0.6) is 5.75 Å². The van der Waals surface area contributed by atoms with Crippen molar-refractivity contribution in [3.8, 4) is 5.75 Å². The summed E-state index contributed by atoms with van der Waals surface area (Å²) in [5, 5.41) is 23.7. The summed E-state index contributed by atoms with van der Waals surface area (Å²) >= 11 is 0. The summed E-state index contributed by atoms with van der Waals surface area (Å²) < 4.78 is 5.87. The molecule has 1 fully saturated rings. The molecule has 1 saturated heterocycles. The molecule has 2 aromatic rings. The molecule has 6 heteroatoms. The van der Waals surface area contributed by atoms with Gasteiger partial charge in [-0.3, -0.25) is 15.4 Å². The molecule has 21 heavy (non-hydrogen) atoms. The zero-order chi connectivity index (χ0) is 14.8. The van der Waals surface area contributed by atoms with Crippen molar-refractivity contribution in [3.63, 3.8) is 0 Å². The largest absolute Gasteiger partial charge is 0.508 e. The van der Waals surface area contributed by atoms with E-state index in [1.54, 1.807) is 24.3 Å². The molecule has 2 aromatic carbocycles. The lowest BCUT2D eigenvalue weighted by atomic mass is 10.1. The van der Waals surface area contributed by atoms with Gasteiger partial charge in [0.05, 0.1) is 4.92 Å². The normalized spacial score (nSPS) is 21.3. The van der Waals surface area contributed by atoms with Gasteiger partial charge in [-0.25, -0.2) is 0 Å². The highest BCUT2D eigenvalue weighted by molar-refractivity contribution is 5.36. The average molecular weight is 286 g/mol. The van der Waals surface area contributed by atoms with Gasteiger partial charge in [-0.05, 0) is 23.8 Å². The molecule has 1 aliphatic heterocycles. The second-order valence-corrected chi connectivity index (χ2v) is 4.82. The number of non-ortho nitro benzene ring substituents is 1. The van der Waals surface area contributed by atoms with Crippen LogP contribution in [0.4, 0.5) is 5.69 Å². The number of hydrogen-bond donors (Lipinski definition) is 2. The summed E-state index contributed by atoms with van der Waals surface area (Å²) in [7, 11) is 0. The highest BCUT2D eigenvalue weighted by Crippen LogP contribution is 2.34. The lowest BCUT2D eigenvalue weighted by Gasteiger charge is -2.14. The molecule has 1 aliphatic rings. The Balaban J connectivity index is 1.75. The molecular formula is C15H14N2O4. The second kappa shape index (κ2) is 5.51. The lowest BCUT2D eigenvalue weighted by Crippen LogP contribution is -2.13. The van der Waals surface area contributed by atoms with Crippen molar-refractivity contribution in [2.24, 2.45) is 0 Å². The van der Waals surface area contributed by atoms with Crippen molar-refractivity contribution in [3.05, 3.63) is 69.8 Å². The Morgan fingerprint density at radius 3 is 2.57 bits per heavy atom. The van der Waals surface area contributed by atoms with E-state index in [0.29, 0.717) is 6.54 Å². The third-order valence-electron chi connectivity index (χ3n) is 3.48. The Morgan fingerprint density at radius 2 is 1.90 bits per heavy atom. The van der Waals surface area contributed by atoms with Crippen LogP contribution < -0.4 is 5.32 Å². The maximum atomic E-state index is 10.6. The van der Waals surface area contributed by atoms with Crippen LogP contribution in [0, 0.1) is 10.1 Å². The topological polar surface area (TPSA) is 84.6 Å². The smallest absolute Gasteiger partial charge is 0.269 e. The van der Waals surface area contributed by atoms with Gasteiger partial charge >= 0.3 is 0 Å². The summed E-state index contributed by atoms with van der Waals surface area (Å²) in [6, 6.07) is 13.3. The molecular weight excluding hydrogens is 272 g/mol. The Morgan fingerprint density at radius 1 is 1.19 bits per heavy atom. The van der Waals surface area contributed by atoms with E-state index in [-0.39, 0.29) is 23.8 Å². The van der Waals surface area contributed by atoms with E-state index >= 15 is 0 Å². The number of nitrogens with one attached hydrogen (secondary N) is 1. The van der Waals surface area contributed by atoms with E-state index in [2.05, 4.69) is 5.32 Å². The van der Waals surface area contributed by atoms with E-state index in [0.717, 1.165) is 11.1 Å². The van der Waals surface area contributed by atoms with Gasteiger partial charge in [-0.1, -0.05) is 18.2 Å². The quantitative estimate of drug-likeness (QED) is 0.669. The third-order valence-corrected chi connectivity index (χ3v) is 3.48. The van der Waals surface area contributed by atoms with Crippen LogP contribution in [-0.4, -0.2) is 16.6 Å². The van der Waals surface area contributed by atoms with Crippen LogP contribution in [0.25, 0.3) is 0 Å². The number of aromatic hydroxyl groups is 1. The number of phenolic OH excluding ortho intramolecular Hbond substituents is 1. The maximum Gasteiger partial charge on any atom is 0.269 e. The first kappa shape index (κ1) is 13.5. The van der Waals surface area contributed by atoms with Gasteiger partial charge in [0.15, 0.2) is 0 Å². The second-order valence-electron chi connectivity index (χ2n) is 4.82. The summed E-state index contributed by atoms with van der Waals surface area (Å²) in [5.41, 5.74) is 1.60. The number of benzene rings is 2. The molecule has 6 nitrogen and oxygen atoms in total. The summed E-state index contributed by atoms with van der Waals surface area (Å²) in [4.78, 5) is 10.2. The number of nitro benzene ring substituents is 1. The Hall–Kier alpha value is -2.44. The fourth-order valence-corrected chi connectivity index (χ4v) is 2.38. The first-order chi connectivity index (χ1) is 10.1. The number of ether oxygens (including phenoxy) is 1. The number of nitro groups is 1. The number of hydrogen-bond acceptors (Lipinski definition) is 5. The van der Waals surface area contributed by atoms with Crippen molar-refractivity contribution in [1.82, 2.24) is 5.32 Å². The molecule has 0 amide bonds. The standard InChI is InChI=1S/C15H14N2O4/c18-13-4-2-1-3-12(13)14-9-16-15(21-14)10-5-7-11(8-6-10)17(19)20/h1-8,14-16,18H,9H2. The average Bonchev–Trinajstić information content (AvgIpc) is 2.97. The van der Waals surface area contributed by atoms with E-state index in [1.165, 1.54) is 12.1 Å². The number of nitrogens with zero attached hydrogens (tertiary/aromatic N) is 1. The molecule has 3 rings (SSSR count). The van der Waals surface area contributed by atoms with E-state index in [1.807, 2.05) is 12.1 Å². The minimum absolute atomic E-state index is 0.0500. The third kappa shape index (κ3) is 2.72. The molecule has 0 radical (unpaired) electrons. The molecule has 0 saturated carbocycles. The molecule has 2 N–H and O–H groups in total. The van der Waals surface area contributed by atoms with E-state index in [9.17, 15) is 15.2 Å². The van der Waals surface area contributed by atoms with Crippen molar-refractivity contribution in [2.75, 3.05) is 6.54 Å². The zero-order valence-corrected chi connectivity index (χ0v) is 11.1. The van der Waals surface area contributed by atoms with Gasteiger partial charge < -0.3 is 9.84 Å². The predicted molar refractivity (Wildman–Crippen MR) is 75.8 cm³/mol. The monoisotopic (exact) mass is 286 g/mol.